The maximum Gasteiger partial charge on any atom is 0.419 e. The lowest BCUT2D eigenvalue weighted by Gasteiger charge is -2.38. The molecule has 3 rings (SSSR count). The minimum Gasteiger partial charge on any atom is -0.206 e. The van der Waals surface area contributed by atoms with Crippen LogP contribution in [0.5, 0.6) is 0 Å². The second-order valence-corrected chi connectivity index (χ2v) is 10.3. The van der Waals surface area contributed by atoms with Crippen LogP contribution in [0.25, 0.3) is 0 Å². The molecule has 0 radical (unpaired) electrons. The number of halogens is 4. The van der Waals surface area contributed by atoms with Gasteiger partial charge in [-0.25, -0.2) is 4.39 Å². The van der Waals surface area contributed by atoms with Crippen LogP contribution in [-0.2, 0) is 12.6 Å². The summed E-state index contributed by atoms with van der Waals surface area (Å²) in [5.41, 5.74) is -0.854. The summed E-state index contributed by atoms with van der Waals surface area (Å²) < 4.78 is 54.3. The zero-order valence-corrected chi connectivity index (χ0v) is 19.4. The van der Waals surface area contributed by atoms with Crippen molar-refractivity contribution >= 4 is 0 Å². The number of unbranched alkanes of at least 4 members (excludes halogenated alkanes) is 2. The van der Waals surface area contributed by atoms with Crippen LogP contribution < -0.4 is 0 Å². The van der Waals surface area contributed by atoms with E-state index in [-0.39, 0.29) is 11.1 Å². The molecule has 176 valence electrons. The number of benzene rings is 1. The van der Waals surface area contributed by atoms with Gasteiger partial charge >= 0.3 is 6.18 Å². The lowest BCUT2D eigenvalue weighted by atomic mass is 9.68. The van der Waals surface area contributed by atoms with E-state index >= 15 is 0 Å². The Labute approximate surface area is 186 Å². The molecule has 4 heteroatoms. The summed E-state index contributed by atoms with van der Waals surface area (Å²) in [5, 5.41) is 0. The van der Waals surface area contributed by atoms with Gasteiger partial charge < -0.3 is 0 Å². The zero-order valence-electron chi connectivity index (χ0n) is 19.4. The van der Waals surface area contributed by atoms with Crippen LogP contribution in [0.1, 0.15) is 107 Å². The normalized spacial score (nSPS) is 27.4. The molecule has 31 heavy (non-hydrogen) atoms. The fourth-order valence-corrected chi connectivity index (χ4v) is 6.17. The lowest BCUT2D eigenvalue weighted by molar-refractivity contribution is -0.140. The maximum atomic E-state index is 14.2. The quantitative estimate of drug-likeness (QED) is 0.279. The van der Waals surface area contributed by atoms with E-state index in [1.165, 1.54) is 83.3 Å². The molecule has 0 nitrogen and oxygen atoms in total. The molecule has 0 bridgehead atoms. The average molecular weight is 441 g/mol. The van der Waals surface area contributed by atoms with Gasteiger partial charge in [0.1, 0.15) is 5.82 Å². The number of rotatable bonds is 8. The Morgan fingerprint density at radius 3 is 1.87 bits per heavy atom. The topological polar surface area (TPSA) is 0 Å². The first-order valence-electron chi connectivity index (χ1n) is 12.6. The summed E-state index contributed by atoms with van der Waals surface area (Å²) in [6, 6.07) is 2.96. The monoisotopic (exact) mass is 440 g/mol. The van der Waals surface area contributed by atoms with Gasteiger partial charge in [-0.15, -0.1) is 0 Å². The zero-order chi connectivity index (χ0) is 22.4. The van der Waals surface area contributed by atoms with Gasteiger partial charge in [-0.2, -0.15) is 13.2 Å². The van der Waals surface area contributed by atoms with E-state index in [1.54, 1.807) is 0 Å². The van der Waals surface area contributed by atoms with Gasteiger partial charge in [-0.1, -0.05) is 70.4 Å². The molecule has 0 aromatic heterocycles. The predicted molar refractivity (Wildman–Crippen MR) is 119 cm³/mol. The van der Waals surface area contributed by atoms with E-state index in [0.29, 0.717) is 12.3 Å². The molecule has 0 spiro atoms. The molecule has 0 heterocycles. The van der Waals surface area contributed by atoms with Gasteiger partial charge in [0.25, 0.3) is 0 Å². The number of hydrogen-bond acceptors (Lipinski definition) is 0. The molecule has 1 aromatic carbocycles. The Hall–Kier alpha value is -1.06. The fraction of sp³-hybridized carbons (Fsp3) is 0.778. The van der Waals surface area contributed by atoms with Crippen molar-refractivity contribution in [2.24, 2.45) is 23.7 Å². The first-order valence-corrected chi connectivity index (χ1v) is 12.6. The van der Waals surface area contributed by atoms with Crippen molar-refractivity contribution in [3.63, 3.8) is 0 Å². The second-order valence-electron chi connectivity index (χ2n) is 10.3. The average Bonchev–Trinajstić information content (AvgIpc) is 2.75. The van der Waals surface area contributed by atoms with E-state index < -0.39 is 17.6 Å². The van der Waals surface area contributed by atoms with E-state index in [1.807, 2.05) is 0 Å². The van der Waals surface area contributed by atoms with Crippen molar-refractivity contribution < 1.29 is 17.6 Å². The lowest BCUT2D eigenvalue weighted by Crippen LogP contribution is -2.26. The van der Waals surface area contributed by atoms with Crippen molar-refractivity contribution in [3.8, 4) is 0 Å². The van der Waals surface area contributed by atoms with Crippen LogP contribution in [0.15, 0.2) is 12.1 Å². The first-order chi connectivity index (χ1) is 14.8. The Morgan fingerprint density at radius 1 is 0.806 bits per heavy atom. The van der Waals surface area contributed by atoms with Crippen LogP contribution in [0.4, 0.5) is 17.6 Å². The molecular weight excluding hydrogens is 400 g/mol. The van der Waals surface area contributed by atoms with Gasteiger partial charge in [0, 0.05) is 0 Å². The third kappa shape index (κ3) is 6.71. The van der Waals surface area contributed by atoms with Gasteiger partial charge in [-0.3, -0.25) is 0 Å². The molecule has 0 N–H and O–H groups in total. The molecule has 0 unspecified atom stereocenters. The van der Waals surface area contributed by atoms with Crippen molar-refractivity contribution in [3.05, 3.63) is 34.6 Å². The minimum atomic E-state index is -4.63. The summed E-state index contributed by atoms with van der Waals surface area (Å²) in [6.45, 7) is 3.66. The third-order valence-corrected chi connectivity index (χ3v) is 8.19. The van der Waals surface area contributed by atoms with Crippen LogP contribution in [0.2, 0.25) is 0 Å². The highest BCUT2D eigenvalue weighted by atomic mass is 19.4. The molecule has 0 saturated heterocycles. The number of alkyl halides is 3. The van der Waals surface area contributed by atoms with Crippen LogP contribution in [0.3, 0.4) is 0 Å². The van der Waals surface area contributed by atoms with Crippen LogP contribution in [-0.4, -0.2) is 0 Å². The SMILES string of the molecule is CCCCCC1CCC(C2CCC(CCc3ccc(C)c(F)c3C(F)(F)F)CC2)CC1. The molecule has 0 aliphatic heterocycles. The fourth-order valence-electron chi connectivity index (χ4n) is 6.17. The summed E-state index contributed by atoms with van der Waals surface area (Å²) in [5.74, 6) is 2.00. The highest BCUT2D eigenvalue weighted by Gasteiger charge is 2.37. The van der Waals surface area contributed by atoms with Crippen molar-refractivity contribution in [2.45, 2.75) is 110 Å². The van der Waals surface area contributed by atoms with Crippen molar-refractivity contribution in [1.82, 2.24) is 0 Å². The molecule has 1 aromatic rings. The Bertz CT molecular complexity index is 677. The van der Waals surface area contributed by atoms with E-state index in [9.17, 15) is 17.6 Å². The first kappa shape index (κ1) is 24.6. The van der Waals surface area contributed by atoms with Crippen LogP contribution in [0, 0.1) is 36.4 Å². The smallest absolute Gasteiger partial charge is 0.206 e. The highest BCUT2D eigenvalue weighted by Crippen LogP contribution is 2.43. The molecular formula is C27H40F4. The molecule has 0 amide bonds. The standard InChI is InChI=1S/C27H40F4/c1-3-4-5-6-20-8-14-22(15-9-20)23-16-10-21(11-17-23)12-18-24-13-7-19(2)26(28)25(24)27(29,30)31/h7,13,20-23H,3-6,8-12,14-18H2,1-2H3. The molecule has 2 aliphatic carbocycles. The minimum absolute atomic E-state index is 0.0664. The Balaban J connectivity index is 1.44. The van der Waals surface area contributed by atoms with E-state index in [0.717, 1.165) is 37.0 Å². The molecule has 0 atom stereocenters. The van der Waals surface area contributed by atoms with Gasteiger partial charge in [-0.05, 0) is 80.2 Å². The summed E-state index contributed by atoms with van der Waals surface area (Å²) in [4.78, 5) is 0. The second kappa shape index (κ2) is 11.2. The number of aryl methyl sites for hydroxylation is 2. The van der Waals surface area contributed by atoms with Gasteiger partial charge in [0.2, 0.25) is 0 Å². The maximum absolute atomic E-state index is 14.2. The van der Waals surface area contributed by atoms with Crippen molar-refractivity contribution in [2.75, 3.05) is 0 Å². The summed E-state index contributed by atoms with van der Waals surface area (Å²) in [7, 11) is 0. The summed E-state index contributed by atoms with van der Waals surface area (Å²) >= 11 is 0. The predicted octanol–water partition coefficient (Wildman–Crippen LogP) is 9.28. The van der Waals surface area contributed by atoms with Crippen LogP contribution >= 0.6 is 0 Å². The van der Waals surface area contributed by atoms with Gasteiger partial charge in [0.15, 0.2) is 0 Å². The molecule has 2 fully saturated rings. The van der Waals surface area contributed by atoms with Gasteiger partial charge in [0.05, 0.1) is 5.56 Å². The van der Waals surface area contributed by atoms with E-state index in [2.05, 4.69) is 6.92 Å². The third-order valence-electron chi connectivity index (χ3n) is 8.19. The molecule has 2 saturated carbocycles. The largest absolute Gasteiger partial charge is 0.419 e. The number of hydrogen-bond donors (Lipinski definition) is 0. The van der Waals surface area contributed by atoms with Crippen molar-refractivity contribution in [1.29, 1.82) is 0 Å². The molecule has 2 aliphatic rings. The highest BCUT2D eigenvalue weighted by molar-refractivity contribution is 5.35. The van der Waals surface area contributed by atoms with E-state index in [4.69, 9.17) is 0 Å². The Kier molecular flexibility index (Phi) is 8.87. The summed E-state index contributed by atoms with van der Waals surface area (Å²) in [6.07, 6.45) is 12.1. The Morgan fingerprint density at radius 2 is 1.35 bits per heavy atom.